The van der Waals surface area contributed by atoms with Crippen LogP contribution >= 0.6 is 11.3 Å². The molecule has 1 aromatic heterocycles. The Morgan fingerprint density at radius 3 is 2.64 bits per heavy atom. The highest BCUT2D eigenvalue weighted by molar-refractivity contribution is 7.16. The van der Waals surface area contributed by atoms with Crippen LogP contribution in [0.2, 0.25) is 0 Å². The third-order valence-electron chi connectivity index (χ3n) is 5.70. The van der Waals surface area contributed by atoms with Gasteiger partial charge in [-0.2, -0.15) is 5.26 Å². The molecule has 1 aromatic rings. The van der Waals surface area contributed by atoms with Crippen LogP contribution in [0.5, 0.6) is 0 Å². The number of aliphatic carboxylic acids is 1. The maximum Gasteiger partial charge on any atom is 0.228 e. The Balaban J connectivity index is 1.81. The van der Waals surface area contributed by atoms with Gasteiger partial charge in [0.1, 0.15) is 11.1 Å². The van der Waals surface area contributed by atoms with Crippen molar-refractivity contribution in [3.63, 3.8) is 0 Å². The Kier molecular flexibility index (Phi) is 5.43. The number of amides is 1. The van der Waals surface area contributed by atoms with Crippen LogP contribution in [0.25, 0.3) is 0 Å². The zero-order valence-corrected chi connectivity index (χ0v) is 15.3. The lowest BCUT2D eigenvalue weighted by atomic mass is 9.78. The first kappa shape index (κ1) is 17.9. The summed E-state index contributed by atoms with van der Waals surface area (Å²) in [6.45, 7) is 2.18. The molecule has 3 atom stereocenters. The van der Waals surface area contributed by atoms with Crippen LogP contribution in [0.1, 0.15) is 61.5 Å². The minimum Gasteiger partial charge on any atom is -0.550 e. The number of hydrogen-bond donors (Lipinski definition) is 1. The van der Waals surface area contributed by atoms with Gasteiger partial charge < -0.3 is 15.2 Å². The van der Waals surface area contributed by atoms with E-state index in [4.69, 9.17) is 0 Å². The molecule has 0 aliphatic heterocycles. The maximum atomic E-state index is 12.7. The van der Waals surface area contributed by atoms with Crippen LogP contribution in [-0.2, 0) is 22.4 Å². The summed E-state index contributed by atoms with van der Waals surface area (Å²) < 4.78 is 0. The van der Waals surface area contributed by atoms with E-state index in [0.29, 0.717) is 29.3 Å². The average Bonchev–Trinajstić information content (AvgIpc) is 2.97. The van der Waals surface area contributed by atoms with E-state index in [0.717, 1.165) is 44.1 Å². The summed E-state index contributed by atoms with van der Waals surface area (Å²) in [6.07, 6.45) is 6.78. The fourth-order valence-corrected chi connectivity index (χ4v) is 5.46. The summed E-state index contributed by atoms with van der Waals surface area (Å²) in [5, 5.41) is 24.3. The Bertz CT molecular complexity index is 719. The highest BCUT2D eigenvalue weighted by atomic mass is 32.1. The molecule has 25 heavy (non-hydrogen) atoms. The van der Waals surface area contributed by atoms with Crippen molar-refractivity contribution in [2.24, 2.45) is 17.8 Å². The van der Waals surface area contributed by atoms with Gasteiger partial charge in [0.2, 0.25) is 5.91 Å². The quantitative estimate of drug-likeness (QED) is 0.894. The second-order valence-electron chi connectivity index (χ2n) is 7.14. The molecule has 134 valence electrons. The molecule has 1 amide bonds. The SMILES string of the molecule is CC[C@@H]1CCc2c(sc(NC(=O)[C@@H]3CCCC[C@@H]3C(=O)[O-])c2C#N)C1. The molecule has 0 unspecified atom stereocenters. The third-order valence-corrected chi connectivity index (χ3v) is 6.87. The number of carbonyl (C=O) groups excluding carboxylic acids is 2. The van der Waals surface area contributed by atoms with Gasteiger partial charge in [-0.15, -0.1) is 11.3 Å². The molecule has 2 aliphatic carbocycles. The number of carboxylic acids is 1. The molecule has 0 aromatic carbocycles. The molecule has 0 spiro atoms. The van der Waals surface area contributed by atoms with Gasteiger partial charge in [-0.3, -0.25) is 4.79 Å². The van der Waals surface area contributed by atoms with Crippen LogP contribution in [-0.4, -0.2) is 11.9 Å². The summed E-state index contributed by atoms with van der Waals surface area (Å²) in [7, 11) is 0. The number of anilines is 1. The minimum absolute atomic E-state index is 0.281. The number of carboxylic acid groups (broad SMARTS) is 1. The molecule has 1 N–H and O–H groups in total. The third kappa shape index (κ3) is 3.57. The van der Waals surface area contributed by atoms with Gasteiger partial charge in [-0.25, -0.2) is 0 Å². The molecule has 1 fully saturated rings. The van der Waals surface area contributed by atoms with Crippen LogP contribution < -0.4 is 10.4 Å². The number of fused-ring (bicyclic) bond motifs is 1. The molecule has 3 rings (SSSR count). The summed E-state index contributed by atoms with van der Waals surface area (Å²) in [6, 6.07) is 2.25. The summed E-state index contributed by atoms with van der Waals surface area (Å²) >= 11 is 1.49. The molecule has 5 nitrogen and oxygen atoms in total. The molecular weight excluding hydrogens is 336 g/mol. The predicted molar refractivity (Wildman–Crippen MR) is 93.9 cm³/mol. The largest absolute Gasteiger partial charge is 0.550 e. The zero-order valence-electron chi connectivity index (χ0n) is 14.5. The Labute approximate surface area is 152 Å². The van der Waals surface area contributed by atoms with E-state index in [1.165, 1.54) is 16.2 Å². The number of carbonyl (C=O) groups is 2. The molecule has 6 heteroatoms. The summed E-state index contributed by atoms with van der Waals surface area (Å²) in [5.41, 5.74) is 1.65. The number of thiophene rings is 1. The highest BCUT2D eigenvalue weighted by Crippen LogP contribution is 2.40. The van der Waals surface area contributed by atoms with E-state index in [-0.39, 0.29) is 5.91 Å². The Morgan fingerprint density at radius 1 is 1.28 bits per heavy atom. The van der Waals surface area contributed by atoms with Crippen LogP contribution in [0.15, 0.2) is 0 Å². The molecule has 1 saturated carbocycles. The van der Waals surface area contributed by atoms with Gasteiger partial charge in [0.15, 0.2) is 0 Å². The fraction of sp³-hybridized carbons (Fsp3) is 0.632. The van der Waals surface area contributed by atoms with E-state index in [1.807, 2.05) is 0 Å². The van der Waals surface area contributed by atoms with Crippen molar-refractivity contribution >= 4 is 28.2 Å². The number of hydrogen-bond acceptors (Lipinski definition) is 5. The first-order chi connectivity index (χ1) is 12.0. The van der Waals surface area contributed by atoms with Crippen molar-refractivity contribution in [3.05, 3.63) is 16.0 Å². The topological polar surface area (TPSA) is 93.0 Å². The smallest absolute Gasteiger partial charge is 0.228 e. The summed E-state index contributed by atoms with van der Waals surface area (Å²) in [4.78, 5) is 25.2. The number of nitriles is 1. The lowest BCUT2D eigenvalue weighted by molar-refractivity contribution is -0.313. The Morgan fingerprint density at radius 2 is 2.00 bits per heavy atom. The fourth-order valence-electron chi connectivity index (χ4n) is 4.14. The van der Waals surface area contributed by atoms with Gasteiger partial charge >= 0.3 is 0 Å². The summed E-state index contributed by atoms with van der Waals surface area (Å²) in [5.74, 6) is -2.07. The van der Waals surface area contributed by atoms with Crippen molar-refractivity contribution in [2.75, 3.05) is 5.32 Å². The van der Waals surface area contributed by atoms with E-state index in [9.17, 15) is 20.0 Å². The van der Waals surface area contributed by atoms with Crippen molar-refractivity contribution in [1.82, 2.24) is 0 Å². The molecule has 0 saturated heterocycles. The monoisotopic (exact) mass is 359 g/mol. The van der Waals surface area contributed by atoms with E-state index in [1.54, 1.807) is 0 Å². The number of nitrogens with zero attached hydrogens (tertiary/aromatic N) is 1. The Hall–Kier alpha value is -1.87. The lowest BCUT2D eigenvalue weighted by Gasteiger charge is -2.31. The molecule has 0 bridgehead atoms. The first-order valence-electron chi connectivity index (χ1n) is 9.11. The predicted octanol–water partition coefficient (Wildman–Crippen LogP) is 2.63. The van der Waals surface area contributed by atoms with Crippen LogP contribution in [0, 0.1) is 29.1 Å². The molecular formula is C19H23N2O3S-. The normalized spacial score (nSPS) is 25.7. The zero-order chi connectivity index (χ0) is 18.0. The highest BCUT2D eigenvalue weighted by Gasteiger charge is 2.33. The minimum atomic E-state index is -1.14. The first-order valence-corrected chi connectivity index (χ1v) is 9.93. The maximum absolute atomic E-state index is 12.7. The average molecular weight is 359 g/mol. The van der Waals surface area contributed by atoms with Crippen LogP contribution in [0.3, 0.4) is 0 Å². The number of rotatable bonds is 4. The lowest BCUT2D eigenvalue weighted by Crippen LogP contribution is -2.42. The van der Waals surface area contributed by atoms with Gasteiger partial charge in [-0.1, -0.05) is 26.2 Å². The van der Waals surface area contributed by atoms with Gasteiger partial charge in [0, 0.05) is 22.7 Å². The van der Waals surface area contributed by atoms with Crippen molar-refractivity contribution < 1.29 is 14.7 Å². The van der Waals surface area contributed by atoms with Crippen molar-refractivity contribution in [1.29, 1.82) is 5.26 Å². The van der Waals surface area contributed by atoms with Gasteiger partial charge in [0.25, 0.3) is 0 Å². The second kappa shape index (κ2) is 7.57. The van der Waals surface area contributed by atoms with Crippen molar-refractivity contribution in [2.45, 2.75) is 58.3 Å². The van der Waals surface area contributed by atoms with Gasteiger partial charge in [-0.05, 0) is 43.6 Å². The molecule has 1 heterocycles. The van der Waals surface area contributed by atoms with E-state index < -0.39 is 17.8 Å². The van der Waals surface area contributed by atoms with Gasteiger partial charge in [0.05, 0.1) is 5.56 Å². The van der Waals surface area contributed by atoms with E-state index in [2.05, 4.69) is 18.3 Å². The van der Waals surface area contributed by atoms with Crippen LogP contribution in [0.4, 0.5) is 5.00 Å². The standard InChI is InChI=1S/C19H24N2O3S/c1-2-11-7-8-12-15(10-20)18(25-16(12)9-11)21-17(22)13-5-3-4-6-14(13)19(23)24/h11,13-14H,2-9H2,1H3,(H,21,22)(H,23,24)/p-1/t11-,13-,14+/m1/s1. The second-order valence-corrected chi connectivity index (χ2v) is 8.25. The molecule has 2 aliphatic rings. The molecule has 0 radical (unpaired) electrons. The van der Waals surface area contributed by atoms with E-state index >= 15 is 0 Å². The van der Waals surface area contributed by atoms with Crippen molar-refractivity contribution in [3.8, 4) is 6.07 Å². The number of nitrogens with one attached hydrogen (secondary N) is 1.